The summed E-state index contributed by atoms with van der Waals surface area (Å²) in [4.78, 5) is 29.8. The van der Waals surface area contributed by atoms with Crippen LogP contribution in [0.5, 0.6) is 0 Å². The second-order valence-electron chi connectivity index (χ2n) is 8.70. The van der Waals surface area contributed by atoms with Crippen LogP contribution in [-0.2, 0) is 4.79 Å². The van der Waals surface area contributed by atoms with Crippen molar-refractivity contribution < 1.29 is 9.59 Å². The van der Waals surface area contributed by atoms with Gasteiger partial charge in [0.15, 0.2) is 0 Å². The van der Waals surface area contributed by atoms with Crippen molar-refractivity contribution in [2.45, 2.75) is 0 Å². The summed E-state index contributed by atoms with van der Waals surface area (Å²) in [5.41, 5.74) is 5.10. The topological polar surface area (TPSA) is 64.7 Å². The predicted molar refractivity (Wildman–Crippen MR) is 139 cm³/mol. The molecule has 2 heterocycles. The SMILES string of the molecule is CN1CCN(c2ccc(N/C=C3\C(=O)NC(=O)c4ccc(C#Cc5ccccc5)cc43)cc2)CC1. The lowest BCUT2D eigenvalue weighted by Gasteiger charge is -2.34. The van der Waals surface area contributed by atoms with Crippen LogP contribution >= 0.6 is 0 Å². The first-order valence-corrected chi connectivity index (χ1v) is 11.6. The molecule has 0 saturated carbocycles. The normalized spacial score (nSPS) is 16.8. The van der Waals surface area contributed by atoms with Gasteiger partial charge in [0, 0.05) is 66.0 Å². The number of carbonyl (C=O) groups excluding carboxylic acids is 2. The van der Waals surface area contributed by atoms with E-state index in [0.717, 1.165) is 43.0 Å². The Kier molecular flexibility index (Phi) is 6.34. The van der Waals surface area contributed by atoms with Crippen LogP contribution in [0.3, 0.4) is 0 Å². The number of benzene rings is 3. The molecule has 3 aromatic rings. The van der Waals surface area contributed by atoms with Gasteiger partial charge in [0.2, 0.25) is 0 Å². The molecular weight excluding hydrogens is 436 g/mol. The molecule has 1 saturated heterocycles. The third-order valence-corrected chi connectivity index (χ3v) is 6.27. The van der Waals surface area contributed by atoms with Crippen LogP contribution in [0, 0.1) is 11.8 Å². The van der Waals surface area contributed by atoms with E-state index in [2.05, 4.69) is 51.5 Å². The minimum atomic E-state index is -0.433. The second-order valence-corrected chi connectivity index (χ2v) is 8.70. The molecule has 2 aliphatic rings. The molecule has 2 N–H and O–H groups in total. The fraction of sp³-hybridized carbons (Fsp3) is 0.172. The molecule has 35 heavy (non-hydrogen) atoms. The zero-order valence-electron chi connectivity index (χ0n) is 19.5. The minimum absolute atomic E-state index is 0.395. The smallest absolute Gasteiger partial charge is 0.260 e. The summed E-state index contributed by atoms with van der Waals surface area (Å²) >= 11 is 0. The number of imide groups is 1. The Hall–Kier alpha value is -4.34. The van der Waals surface area contributed by atoms with Crippen molar-refractivity contribution in [2.75, 3.05) is 43.4 Å². The van der Waals surface area contributed by atoms with Gasteiger partial charge in [0.05, 0.1) is 5.57 Å². The first-order valence-electron chi connectivity index (χ1n) is 11.6. The standard InChI is InChI=1S/C29H26N4O2/c1-32-15-17-33(18-16-32)24-12-10-23(11-13-24)30-20-27-26-19-22(8-7-21-5-3-2-4-6-21)9-14-25(26)28(34)31-29(27)35/h2-6,9-14,19-20,30H,15-18H2,1H3,(H,31,34,35)/b27-20-. The van der Waals surface area contributed by atoms with E-state index in [0.29, 0.717) is 16.7 Å². The van der Waals surface area contributed by atoms with Crippen LogP contribution in [0.25, 0.3) is 5.57 Å². The van der Waals surface area contributed by atoms with Crippen molar-refractivity contribution in [1.82, 2.24) is 10.2 Å². The van der Waals surface area contributed by atoms with E-state index in [4.69, 9.17) is 0 Å². The molecule has 6 nitrogen and oxygen atoms in total. The number of amides is 2. The van der Waals surface area contributed by atoms with Crippen LogP contribution < -0.4 is 15.5 Å². The van der Waals surface area contributed by atoms with Crippen molar-refractivity contribution in [3.8, 4) is 11.8 Å². The molecule has 0 aromatic heterocycles. The fourth-order valence-electron chi connectivity index (χ4n) is 4.20. The van der Waals surface area contributed by atoms with Gasteiger partial charge < -0.3 is 15.1 Å². The highest BCUT2D eigenvalue weighted by atomic mass is 16.2. The molecule has 0 bridgehead atoms. The average molecular weight is 463 g/mol. The number of rotatable bonds is 3. The van der Waals surface area contributed by atoms with Gasteiger partial charge in [0.1, 0.15) is 0 Å². The van der Waals surface area contributed by atoms with Crippen LogP contribution in [0.4, 0.5) is 11.4 Å². The Bertz CT molecular complexity index is 1340. The largest absolute Gasteiger partial charge is 0.369 e. The Morgan fingerprint density at radius 2 is 1.51 bits per heavy atom. The van der Waals surface area contributed by atoms with Crippen molar-refractivity contribution >= 4 is 28.8 Å². The maximum atomic E-state index is 12.7. The van der Waals surface area contributed by atoms with Crippen molar-refractivity contribution in [2.24, 2.45) is 0 Å². The summed E-state index contributed by atoms with van der Waals surface area (Å²) < 4.78 is 0. The van der Waals surface area contributed by atoms with Gasteiger partial charge in [-0.2, -0.15) is 0 Å². The molecule has 6 heteroatoms. The van der Waals surface area contributed by atoms with Crippen LogP contribution in [0.1, 0.15) is 27.0 Å². The van der Waals surface area contributed by atoms with Crippen molar-refractivity contribution in [3.05, 3.63) is 101 Å². The summed E-state index contributed by atoms with van der Waals surface area (Å²) in [5, 5.41) is 5.64. The highest BCUT2D eigenvalue weighted by Crippen LogP contribution is 2.26. The third kappa shape index (κ3) is 5.11. The summed E-state index contributed by atoms with van der Waals surface area (Å²) in [6.45, 7) is 4.12. The van der Waals surface area contributed by atoms with Crippen LogP contribution in [-0.4, -0.2) is 49.9 Å². The molecule has 2 amide bonds. The first-order chi connectivity index (χ1) is 17.1. The number of fused-ring (bicyclic) bond motifs is 1. The number of hydrogen-bond acceptors (Lipinski definition) is 5. The van der Waals surface area contributed by atoms with Gasteiger partial charge in [-0.25, -0.2) is 0 Å². The highest BCUT2D eigenvalue weighted by molar-refractivity contribution is 6.31. The van der Waals surface area contributed by atoms with Gasteiger partial charge in [-0.15, -0.1) is 0 Å². The second kappa shape index (κ2) is 9.88. The molecule has 0 radical (unpaired) electrons. The van der Waals surface area contributed by atoms with E-state index in [9.17, 15) is 9.59 Å². The molecule has 3 aromatic carbocycles. The Labute approximate surface area is 205 Å². The molecule has 5 rings (SSSR count). The maximum absolute atomic E-state index is 12.7. The van der Waals surface area contributed by atoms with Gasteiger partial charge in [-0.3, -0.25) is 14.9 Å². The lowest BCUT2D eigenvalue weighted by Crippen LogP contribution is -2.44. The molecule has 2 aliphatic heterocycles. The van der Waals surface area contributed by atoms with Gasteiger partial charge in [0.25, 0.3) is 11.8 Å². The predicted octanol–water partition coefficient (Wildman–Crippen LogP) is 3.56. The van der Waals surface area contributed by atoms with Crippen molar-refractivity contribution in [3.63, 3.8) is 0 Å². The summed E-state index contributed by atoms with van der Waals surface area (Å²) in [5.74, 6) is 5.41. The highest BCUT2D eigenvalue weighted by Gasteiger charge is 2.27. The van der Waals surface area contributed by atoms with E-state index < -0.39 is 11.8 Å². The summed E-state index contributed by atoms with van der Waals surface area (Å²) in [7, 11) is 2.14. The summed E-state index contributed by atoms with van der Waals surface area (Å²) in [6.07, 6.45) is 1.65. The average Bonchev–Trinajstić information content (AvgIpc) is 2.89. The number of likely N-dealkylation sites (N-methyl/N-ethyl adjacent to an activating group) is 1. The molecule has 1 fully saturated rings. The lowest BCUT2D eigenvalue weighted by atomic mass is 9.93. The van der Waals surface area contributed by atoms with Gasteiger partial charge in [-0.1, -0.05) is 30.0 Å². The molecule has 0 atom stereocenters. The molecule has 0 unspecified atom stereocenters. The number of nitrogens with zero attached hydrogens (tertiary/aromatic N) is 2. The van der Waals surface area contributed by atoms with E-state index in [-0.39, 0.29) is 0 Å². The van der Waals surface area contributed by atoms with E-state index >= 15 is 0 Å². The summed E-state index contributed by atoms with van der Waals surface area (Å²) in [6, 6.07) is 23.2. The fourth-order valence-corrected chi connectivity index (χ4v) is 4.20. The minimum Gasteiger partial charge on any atom is -0.369 e. The maximum Gasteiger partial charge on any atom is 0.260 e. The Morgan fingerprint density at radius 3 is 2.26 bits per heavy atom. The number of hydrogen-bond donors (Lipinski definition) is 2. The Balaban J connectivity index is 1.37. The van der Waals surface area contributed by atoms with Crippen LogP contribution in [0.15, 0.2) is 79.0 Å². The zero-order chi connectivity index (χ0) is 24.2. The number of carbonyl (C=O) groups is 2. The van der Waals surface area contributed by atoms with Crippen LogP contribution in [0.2, 0.25) is 0 Å². The van der Waals surface area contributed by atoms with E-state index in [1.165, 1.54) is 5.69 Å². The molecule has 0 aliphatic carbocycles. The van der Waals surface area contributed by atoms with Gasteiger partial charge >= 0.3 is 0 Å². The number of nitrogens with one attached hydrogen (secondary N) is 2. The molecule has 174 valence electrons. The molecule has 0 spiro atoms. The zero-order valence-corrected chi connectivity index (χ0v) is 19.5. The third-order valence-electron chi connectivity index (χ3n) is 6.27. The number of anilines is 2. The first kappa shape index (κ1) is 22.5. The quantitative estimate of drug-likeness (QED) is 0.354. The Morgan fingerprint density at radius 1 is 0.800 bits per heavy atom. The van der Waals surface area contributed by atoms with E-state index in [1.807, 2.05) is 42.5 Å². The number of piperazine rings is 1. The van der Waals surface area contributed by atoms with E-state index in [1.54, 1.807) is 24.4 Å². The van der Waals surface area contributed by atoms with Gasteiger partial charge in [-0.05, 0) is 61.6 Å². The lowest BCUT2D eigenvalue weighted by molar-refractivity contribution is -0.114. The van der Waals surface area contributed by atoms with Crippen molar-refractivity contribution in [1.29, 1.82) is 0 Å². The monoisotopic (exact) mass is 462 g/mol. The molecular formula is C29H26N4O2.